The van der Waals surface area contributed by atoms with Crippen LogP contribution in [-0.4, -0.2) is 11.7 Å². The third-order valence-electron chi connectivity index (χ3n) is 4.39. The van der Waals surface area contributed by atoms with Crippen molar-refractivity contribution in [2.75, 3.05) is 11.4 Å². The van der Waals surface area contributed by atoms with Crippen LogP contribution in [0.1, 0.15) is 41.2 Å². The van der Waals surface area contributed by atoms with Gasteiger partial charge in [0.1, 0.15) is 0 Å². The Morgan fingerprint density at radius 2 is 1.75 bits per heavy atom. The first-order chi connectivity index (χ1) is 11.6. The van der Waals surface area contributed by atoms with Crippen LogP contribution in [-0.2, 0) is 19.4 Å². The maximum absolute atomic E-state index is 7.33. The van der Waals surface area contributed by atoms with Gasteiger partial charge in [-0.2, -0.15) is 0 Å². The molecule has 24 heavy (non-hydrogen) atoms. The molecule has 0 saturated carbocycles. The van der Waals surface area contributed by atoms with Crippen LogP contribution >= 0.6 is 0 Å². The summed E-state index contributed by atoms with van der Waals surface area (Å²) in [6.07, 6.45) is 4.32. The zero-order chi connectivity index (χ0) is 17.5. The maximum Gasteiger partial charge on any atom is 0.0719 e. The molecule has 0 aliphatic carbocycles. The van der Waals surface area contributed by atoms with E-state index in [2.05, 4.69) is 68.6 Å². The molecule has 0 unspecified atom stereocenters. The summed E-state index contributed by atoms with van der Waals surface area (Å²) < 4.78 is 0. The number of hydrogen-bond acceptors (Lipinski definition) is 2. The zero-order valence-electron chi connectivity index (χ0n) is 15.2. The van der Waals surface area contributed by atoms with E-state index in [1.165, 1.54) is 46.3 Å². The number of nitrogens with zero attached hydrogens (tertiary/aromatic N) is 1. The highest BCUT2D eigenvalue weighted by molar-refractivity contribution is 5.53. The van der Waals surface area contributed by atoms with Gasteiger partial charge in [0.05, 0.1) is 6.26 Å². The molecular weight excluding hydrogens is 294 g/mol. The Morgan fingerprint density at radius 3 is 2.38 bits per heavy atom. The van der Waals surface area contributed by atoms with Crippen molar-refractivity contribution in [2.45, 2.75) is 46.6 Å². The number of aryl methyl sites for hydroxylation is 3. The molecule has 0 atom stereocenters. The molecule has 1 aliphatic heterocycles. The fourth-order valence-corrected chi connectivity index (χ4v) is 3.41. The van der Waals surface area contributed by atoms with Gasteiger partial charge >= 0.3 is 0 Å². The van der Waals surface area contributed by atoms with E-state index in [0.29, 0.717) is 0 Å². The number of hydrogen-bond donors (Lipinski definition) is 1. The molecule has 0 saturated heterocycles. The fourth-order valence-electron chi connectivity index (χ4n) is 3.41. The van der Waals surface area contributed by atoms with Crippen molar-refractivity contribution < 1.29 is 5.11 Å². The Kier molecular flexibility index (Phi) is 6.48. The van der Waals surface area contributed by atoms with Crippen molar-refractivity contribution >= 4 is 5.69 Å². The molecule has 2 heteroatoms. The van der Waals surface area contributed by atoms with Crippen LogP contribution in [0.3, 0.4) is 0 Å². The van der Waals surface area contributed by atoms with Crippen LogP contribution in [0.25, 0.3) is 0 Å². The first-order valence-corrected chi connectivity index (χ1v) is 8.76. The second-order valence-electron chi connectivity index (χ2n) is 6.55. The van der Waals surface area contributed by atoms with Crippen LogP contribution in [0.15, 0.2) is 49.2 Å². The average molecular weight is 323 g/mol. The fraction of sp³-hybridized carbons (Fsp3) is 0.364. The lowest BCUT2D eigenvalue weighted by molar-refractivity contribution is 0.476. The van der Waals surface area contributed by atoms with Gasteiger partial charge in [-0.1, -0.05) is 44.2 Å². The third-order valence-corrected chi connectivity index (χ3v) is 4.39. The summed E-state index contributed by atoms with van der Waals surface area (Å²) in [6.45, 7) is 11.7. The molecule has 128 valence electrons. The highest BCUT2D eigenvalue weighted by atomic mass is 16.2. The van der Waals surface area contributed by atoms with E-state index in [1.54, 1.807) is 0 Å². The molecule has 1 aliphatic rings. The Hall–Kier alpha value is -2.22. The molecule has 2 aromatic carbocycles. The lowest BCUT2D eigenvalue weighted by Crippen LogP contribution is -2.30. The molecule has 0 radical (unpaired) electrons. The van der Waals surface area contributed by atoms with Crippen molar-refractivity contribution in [1.82, 2.24) is 0 Å². The summed E-state index contributed by atoms with van der Waals surface area (Å²) in [5.74, 6) is 0. The van der Waals surface area contributed by atoms with E-state index in [0.717, 1.165) is 25.8 Å². The van der Waals surface area contributed by atoms with Crippen LogP contribution in [0.4, 0.5) is 5.69 Å². The SMILES string of the molecule is C=CO.CCCc1ccc2c(c1)CN(c1cc(C)cc(C)c1)CC2. The molecule has 0 fully saturated rings. The van der Waals surface area contributed by atoms with Crippen LogP contribution < -0.4 is 4.90 Å². The number of benzene rings is 2. The minimum Gasteiger partial charge on any atom is -0.516 e. The summed E-state index contributed by atoms with van der Waals surface area (Å²) in [5.41, 5.74) is 8.63. The summed E-state index contributed by atoms with van der Waals surface area (Å²) >= 11 is 0. The predicted molar refractivity (Wildman–Crippen MR) is 104 cm³/mol. The normalized spacial score (nSPS) is 12.9. The number of fused-ring (bicyclic) bond motifs is 1. The Morgan fingerprint density at radius 1 is 1.08 bits per heavy atom. The molecule has 0 bridgehead atoms. The van der Waals surface area contributed by atoms with Crippen LogP contribution in [0.5, 0.6) is 0 Å². The van der Waals surface area contributed by atoms with E-state index in [4.69, 9.17) is 5.11 Å². The monoisotopic (exact) mass is 323 g/mol. The van der Waals surface area contributed by atoms with Gasteiger partial charge in [0.15, 0.2) is 0 Å². The van der Waals surface area contributed by atoms with Gasteiger partial charge in [-0.3, -0.25) is 0 Å². The highest BCUT2D eigenvalue weighted by Crippen LogP contribution is 2.27. The Bertz CT molecular complexity index is 670. The van der Waals surface area contributed by atoms with Crippen molar-refractivity contribution in [1.29, 1.82) is 0 Å². The van der Waals surface area contributed by atoms with E-state index in [-0.39, 0.29) is 0 Å². The first-order valence-electron chi connectivity index (χ1n) is 8.76. The molecule has 0 aromatic heterocycles. The summed E-state index contributed by atoms with van der Waals surface area (Å²) in [5, 5.41) is 7.33. The quantitative estimate of drug-likeness (QED) is 0.753. The second kappa shape index (κ2) is 8.58. The lowest BCUT2D eigenvalue weighted by Gasteiger charge is -2.31. The standard InChI is InChI=1S/C20H25N.C2H4O/c1-4-5-17-6-7-18-8-9-21(14-19(18)13-17)20-11-15(2)10-16(3)12-20;1-2-3/h6-7,10-13H,4-5,8-9,14H2,1-3H3;2-3H,1H2. The molecule has 3 rings (SSSR count). The summed E-state index contributed by atoms with van der Waals surface area (Å²) in [7, 11) is 0. The van der Waals surface area contributed by atoms with Crippen LogP contribution in [0.2, 0.25) is 0 Å². The van der Waals surface area contributed by atoms with Crippen molar-refractivity contribution in [3.05, 3.63) is 77.1 Å². The number of aliphatic hydroxyl groups excluding tert-OH is 1. The van der Waals surface area contributed by atoms with Crippen molar-refractivity contribution in [3.8, 4) is 0 Å². The lowest BCUT2D eigenvalue weighted by atomic mass is 9.95. The Labute approximate surface area is 146 Å². The predicted octanol–water partition coefficient (Wildman–Crippen LogP) is 5.51. The Balaban J connectivity index is 0.000000647. The van der Waals surface area contributed by atoms with Gasteiger partial charge in [0, 0.05) is 18.8 Å². The molecule has 0 spiro atoms. The number of rotatable bonds is 3. The molecular formula is C22H29NO. The third kappa shape index (κ3) is 4.64. The smallest absolute Gasteiger partial charge is 0.0719 e. The molecule has 2 nitrogen and oxygen atoms in total. The van der Waals surface area contributed by atoms with Gasteiger partial charge in [0.2, 0.25) is 0 Å². The largest absolute Gasteiger partial charge is 0.516 e. The second-order valence-corrected chi connectivity index (χ2v) is 6.55. The van der Waals surface area contributed by atoms with Gasteiger partial charge in [-0.25, -0.2) is 0 Å². The highest BCUT2D eigenvalue weighted by Gasteiger charge is 2.17. The average Bonchev–Trinajstić information content (AvgIpc) is 2.54. The van der Waals surface area contributed by atoms with Gasteiger partial charge in [-0.15, -0.1) is 0 Å². The van der Waals surface area contributed by atoms with Crippen LogP contribution in [0, 0.1) is 13.8 Å². The van der Waals surface area contributed by atoms with Crippen molar-refractivity contribution in [3.63, 3.8) is 0 Å². The van der Waals surface area contributed by atoms with Gasteiger partial charge in [-0.05, 0) is 66.6 Å². The molecule has 0 amide bonds. The minimum absolute atomic E-state index is 0.750. The maximum atomic E-state index is 7.33. The first kappa shape index (κ1) is 18.1. The van der Waals surface area contributed by atoms with E-state index < -0.39 is 0 Å². The molecule has 1 heterocycles. The molecule has 1 N–H and O–H groups in total. The zero-order valence-corrected chi connectivity index (χ0v) is 15.2. The number of anilines is 1. The number of aliphatic hydroxyl groups is 1. The van der Waals surface area contributed by atoms with Gasteiger partial charge < -0.3 is 10.0 Å². The molecule has 2 aromatic rings. The summed E-state index contributed by atoms with van der Waals surface area (Å²) in [4.78, 5) is 2.53. The van der Waals surface area contributed by atoms with Gasteiger partial charge in [0.25, 0.3) is 0 Å². The summed E-state index contributed by atoms with van der Waals surface area (Å²) in [6, 6.07) is 14.0. The minimum atomic E-state index is 0.750. The van der Waals surface area contributed by atoms with E-state index in [1.807, 2.05) is 0 Å². The van der Waals surface area contributed by atoms with E-state index >= 15 is 0 Å². The van der Waals surface area contributed by atoms with Crippen molar-refractivity contribution in [2.24, 2.45) is 0 Å². The van der Waals surface area contributed by atoms with E-state index in [9.17, 15) is 0 Å². The topological polar surface area (TPSA) is 23.5 Å².